The Morgan fingerprint density at radius 3 is 2.30 bits per heavy atom. The van der Waals surface area contributed by atoms with E-state index in [1.165, 1.54) is 25.9 Å². The van der Waals surface area contributed by atoms with Gasteiger partial charge in [-0.2, -0.15) is 0 Å². The molecule has 2 aromatic carbocycles. The SMILES string of the molecule is Oc1ccc(-c2noc(C3(CN4CCCC4)CC3)c2-c2ccccc2)cc1. The molecule has 0 bridgehead atoms. The number of nitrogens with zero attached hydrogens (tertiary/aromatic N) is 2. The zero-order valence-electron chi connectivity index (χ0n) is 15.4. The Labute approximate surface area is 159 Å². The molecule has 1 aromatic heterocycles. The first-order valence-corrected chi connectivity index (χ1v) is 9.83. The fourth-order valence-corrected chi connectivity index (χ4v) is 4.32. The van der Waals surface area contributed by atoms with Crippen molar-refractivity contribution in [2.75, 3.05) is 19.6 Å². The van der Waals surface area contributed by atoms with E-state index in [0.717, 1.165) is 47.5 Å². The van der Waals surface area contributed by atoms with Gasteiger partial charge in [-0.1, -0.05) is 35.5 Å². The van der Waals surface area contributed by atoms with Crippen molar-refractivity contribution in [1.82, 2.24) is 10.1 Å². The van der Waals surface area contributed by atoms with Crippen molar-refractivity contribution < 1.29 is 9.63 Å². The molecule has 27 heavy (non-hydrogen) atoms. The average Bonchev–Trinajstić information content (AvgIpc) is 3.08. The zero-order valence-corrected chi connectivity index (χ0v) is 15.4. The van der Waals surface area contributed by atoms with Crippen molar-refractivity contribution in [3.8, 4) is 28.1 Å². The van der Waals surface area contributed by atoms with Gasteiger partial charge in [-0.3, -0.25) is 0 Å². The van der Waals surface area contributed by atoms with Crippen LogP contribution in [-0.2, 0) is 5.41 Å². The minimum absolute atomic E-state index is 0.0949. The van der Waals surface area contributed by atoms with Gasteiger partial charge in [0.25, 0.3) is 0 Å². The number of hydrogen-bond acceptors (Lipinski definition) is 4. The number of benzene rings is 2. The summed E-state index contributed by atoms with van der Waals surface area (Å²) in [5, 5.41) is 14.1. The molecule has 3 aromatic rings. The molecule has 0 spiro atoms. The van der Waals surface area contributed by atoms with E-state index >= 15 is 0 Å². The topological polar surface area (TPSA) is 49.5 Å². The molecule has 0 radical (unpaired) electrons. The van der Waals surface area contributed by atoms with Crippen LogP contribution in [-0.4, -0.2) is 34.8 Å². The Morgan fingerprint density at radius 2 is 1.63 bits per heavy atom. The maximum atomic E-state index is 9.64. The van der Waals surface area contributed by atoms with Gasteiger partial charge in [0.15, 0.2) is 5.76 Å². The van der Waals surface area contributed by atoms with Gasteiger partial charge in [0, 0.05) is 17.5 Å². The highest BCUT2D eigenvalue weighted by atomic mass is 16.5. The smallest absolute Gasteiger partial charge is 0.152 e. The summed E-state index contributed by atoms with van der Waals surface area (Å²) in [5.74, 6) is 1.29. The van der Waals surface area contributed by atoms with Crippen molar-refractivity contribution >= 4 is 0 Å². The second kappa shape index (κ2) is 6.54. The van der Waals surface area contributed by atoms with Crippen molar-refractivity contribution in [2.45, 2.75) is 31.1 Å². The summed E-state index contributed by atoms with van der Waals surface area (Å²) in [5.41, 5.74) is 4.18. The van der Waals surface area contributed by atoms with Crippen LogP contribution >= 0.6 is 0 Å². The van der Waals surface area contributed by atoms with Gasteiger partial charge < -0.3 is 14.5 Å². The molecule has 1 aliphatic heterocycles. The number of aromatic hydroxyl groups is 1. The second-order valence-electron chi connectivity index (χ2n) is 7.91. The minimum atomic E-state index is 0.0949. The lowest BCUT2D eigenvalue weighted by atomic mass is 9.91. The number of phenolic OH excluding ortho intramolecular Hbond substituents is 1. The highest BCUT2D eigenvalue weighted by Crippen LogP contribution is 2.53. The van der Waals surface area contributed by atoms with E-state index in [1.807, 2.05) is 18.2 Å². The van der Waals surface area contributed by atoms with E-state index in [9.17, 15) is 5.11 Å². The van der Waals surface area contributed by atoms with Crippen molar-refractivity contribution in [3.05, 3.63) is 60.4 Å². The molecule has 4 nitrogen and oxygen atoms in total. The predicted molar refractivity (Wildman–Crippen MR) is 106 cm³/mol. The Morgan fingerprint density at radius 1 is 0.926 bits per heavy atom. The molecule has 1 aliphatic carbocycles. The van der Waals surface area contributed by atoms with Gasteiger partial charge in [-0.15, -0.1) is 0 Å². The number of hydrogen-bond donors (Lipinski definition) is 1. The lowest BCUT2D eigenvalue weighted by Crippen LogP contribution is -2.30. The Hall–Kier alpha value is -2.59. The Kier molecular flexibility index (Phi) is 4.01. The molecule has 1 saturated carbocycles. The van der Waals surface area contributed by atoms with Gasteiger partial charge in [-0.05, 0) is 68.6 Å². The normalized spacial score (nSPS) is 18.7. The van der Waals surface area contributed by atoms with E-state index in [0.29, 0.717) is 0 Å². The summed E-state index contributed by atoms with van der Waals surface area (Å²) in [6.07, 6.45) is 4.93. The zero-order chi connectivity index (χ0) is 18.3. The maximum absolute atomic E-state index is 9.64. The highest BCUT2D eigenvalue weighted by molar-refractivity contribution is 5.83. The molecule has 2 heterocycles. The first-order chi connectivity index (χ1) is 13.3. The van der Waals surface area contributed by atoms with Crippen LogP contribution in [0.4, 0.5) is 0 Å². The Balaban J connectivity index is 1.60. The van der Waals surface area contributed by atoms with Gasteiger partial charge in [0.1, 0.15) is 11.4 Å². The van der Waals surface area contributed by atoms with Crippen molar-refractivity contribution in [1.29, 1.82) is 0 Å². The van der Waals surface area contributed by atoms with Crippen LogP contribution < -0.4 is 0 Å². The summed E-state index contributed by atoms with van der Waals surface area (Å²) < 4.78 is 6.03. The minimum Gasteiger partial charge on any atom is -0.508 e. The van der Waals surface area contributed by atoms with Crippen LogP contribution in [0.5, 0.6) is 5.75 Å². The van der Waals surface area contributed by atoms with Crippen LogP contribution in [0, 0.1) is 0 Å². The largest absolute Gasteiger partial charge is 0.508 e. The van der Waals surface area contributed by atoms with Gasteiger partial charge >= 0.3 is 0 Å². The molecule has 2 aliphatic rings. The van der Waals surface area contributed by atoms with Crippen LogP contribution in [0.1, 0.15) is 31.4 Å². The standard InChI is InChI=1S/C23H24N2O2/c26-19-10-8-18(9-11-19)21-20(17-6-2-1-3-7-17)22(27-24-21)23(12-13-23)16-25-14-4-5-15-25/h1-3,6-11,26H,4-5,12-16H2. The van der Waals surface area contributed by atoms with Crippen LogP contribution in [0.25, 0.3) is 22.4 Å². The molecule has 4 heteroatoms. The average molecular weight is 360 g/mol. The molecule has 0 unspecified atom stereocenters. The maximum Gasteiger partial charge on any atom is 0.152 e. The van der Waals surface area contributed by atoms with E-state index in [2.05, 4.69) is 34.3 Å². The fraction of sp³-hybridized carbons (Fsp3) is 0.348. The van der Waals surface area contributed by atoms with Gasteiger partial charge in [0.05, 0.1) is 5.56 Å². The highest BCUT2D eigenvalue weighted by Gasteiger charge is 2.51. The summed E-state index contributed by atoms with van der Waals surface area (Å²) in [6, 6.07) is 17.6. The summed E-state index contributed by atoms with van der Waals surface area (Å²) in [4.78, 5) is 2.57. The molecule has 0 amide bonds. The lowest BCUT2D eigenvalue weighted by molar-refractivity contribution is 0.268. The first kappa shape index (κ1) is 16.6. The van der Waals surface area contributed by atoms with Crippen LogP contribution in [0.3, 0.4) is 0 Å². The molecule has 1 N–H and O–H groups in total. The van der Waals surface area contributed by atoms with E-state index in [1.54, 1.807) is 12.1 Å². The predicted octanol–water partition coefficient (Wildman–Crippen LogP) is 4.84. The van der Waals surface area contributed by atoms with Gasteiger partial charge in [-0.25, -0.2) is 0 Å². The lowest BCUT2D eigenvalue weighted by Gasteiger charge is -2.22. The molecule has 1 saturated heterocycles. The van der Waals surface area contributed by atoms with Gasteiger partial charge in [0.2, 0.25) is 0 Å². The third kappa shape index (κ3) is 3.04. The monoisotopic (exact) mass is 360 g/mol. The molecular formula is C23H24N2O2. The number of phenols is 1. The molecule has 138 valence electrons. The van der Waals surface area contributed by atoms with E-state index < -0.39 is 0 Å². The first-order valence-electron chi connectivity index (χ1n) is 9.83. The Bertz CT molecular complexity index is 921. The molecule has 2 fully saturated rings. The van der Waals surface area contributed by atoms with E-state index in [-0.39, 0.29) is 11.2 Å². The number of rotatable bonds is 5. The molecule has 5 rings (SSSR count). The third-order valence-electron chi connectivity index (χ3n) is 5.96. The second-order valence-corrected chi connectivity index (χ2v) is 7.91. The fourth-order valence-electron chi connectivity index (χ4n) is 4.32. The van der Waals surface area contributed by atoms with E-state index in [4.69, 9.17) is 4.52 Å². The summed E-state index contributed by atoms with van der Waals surface area (Å²) in [6.45, 7) is 3.46. The quantitative estimate of drug-likeness (QED) is 0.707. The summed E-state index contributed by atoms with van der Waals surface area (Å²) in [7, 11) is 0. The third-order valence-corrected chi connectivity index (χ3v) is 5.96. The number of aromatic nitrogens is 1. The van der Waals surface area contributed by atoms with Crippen LogP contribution in [0.15, 0.2) is 59.1 Å². The van der Waals surface area contributed by atoms with Crippen LogP contribution in [0.2, 0.25) is 0 Å². The van der Waals surface area contributed by atoms with Crippen molar-refractivity contribution in [2.24, 2.45) is 0 Å². The molecule has 0 atom stereocenters. The summed E-state index contributed by atoms with van der Waals surface area (Å²) >= 11 is 0. The van der Waals surface area contributed by atoms with Crippen molar-refractivity contribution in [3.63, 3.8) is 0 Å². The molecular weight excluding hydrogens is 336 g/mol. The number of likely N-dealkylation sites (tertiary alicyclic amines) is 1.